The lowest BCUT2D eigenvalue weighted by Crippen LogP contribution is -2.39. The van der Waals surface area contributed by atoms with E-state index >= 15 is 0 Å². The molecule has 2 aromatic carbocycles. The maximum Gasteiger partial charge on any atom is 0.118 e. The van der Waals surface area contributed by atoms with Gasteiger partial charge in [0.2, 0.25) is 0 Å². The van der Waals surface area contributed by atoms with E-state index in [0.29, 0.717) is 0 Å². The van der Waals surface area contributed by atoms with Crippen molar-refractivity contribution in [1.29, 1.82) is 0 Å². The number of aromatic nitrogens is 3. The summed E-state index contributed by atoms with van der Waals surface area (Å²) in [5, 5.41) is 11.3. The summed E-state index contributed by atoms with van der Waals surface area (Å²) in [6, 6.07) is 17.0. The van der Waals surface area contributed by atoms with Crippen LogP contribution in [0.1, 0.15) is 17.2 Å². The Balaban J connectivity index is 1.84. The SMILES string of the molecule is c1ccc(C(c2cccc3n[nH]nc23)N2CCOCC2)cc1. The van der Waals surface area contributed by atoms with Gasteiger partial charge in [-0.25, -0.2) is 0 Å². The van der Waals surface area contributed by atoms with Crippen LogP contribution < -0.4 is 0 Å². The van der Waals surface area contributed by atoms with Crippen LogP contribution in [0.2, 0.25) is 0 Å². The van der Waals surface area contributed by atoms with Gasteiger partial charge in [-0.2, -0.15) is 15.4 Å². The number of nitrogens with one attached hydrogen (secondary N) is 1. The molecule has 0 radical (unpaired) electrons. The van der Waals surface area contributed by atoms with Gasteiger partial charge in [-0.1, -0.05) is 42.5 Å². The number of morpholine rings is 1. The molecule has 1 N–H and O–H groups in total. The molecular formula is C17H18N4O. The predicted octanol–water partition coefficient (Wildman–Crippen LogP) is 2.38. The molecule has 2 heterocycles. The van der Waals surface area contributed by atoms with Crippen LogP contribution in [0.15, 0.2) is 48.5 Å². The second kappa shape index (κ2) is 5.87. The molecule has 0 aliphatic carbocycles. The minimum atomic E-state index is 0.180. The summed E-state index contributed by atoms with van der Waals surface area (Å²) >= 11 is 0. The van der Waals surface area contributed by atoms with Crippen LogP contribution >= 0.6 is 0 Å². The number of hydrogen-bond acceptors (Lipinski definition) is 4. The highest BCUT2D eigenvalue weighted by molar-refractivity contribution is 5.78. The lowest BCUT2D eigenvalue weighted by molar-refractivity contribution is 0.0242. The van der Waals surface area contributed by atoms with Gasteiger partial charge < -0.3 is 4.74 Å². The summed E-state index contributed by atoms with van der Waals surface area (Å²) in [7, 11) is 0. The van der Waals surface area contributed by atoms with Gasteiger partial charge in [0.05, 0.1) is 19.3 Å². The Morgan fingerprint density at radius 2 is 1.77 bits per heavy atom. The Morgan fingerprint density at radius 1 is 0.955 bits per heavy atom. The van der Waals surface area contributed by atoms with Crippen molar-refractivity contribution in [3.05, 3.63) is 59.7 Å². The van der Waals surface area contributed by atoms with Crippen molar-refractivity contribution in [2.24, 2.45) is 0 Å². The smallest absolute Gasteiger partial charge is 0.118 e. The highest BCUT2D eigenvalue weighted by Crippen LogP contribution is 2.32. The average molecular weight is 294 g/mol. The molecule has 1 saturated heterocycles. The molecule has 5 heteroatoms. The Kier molecular flexibility index (Phi) is 3.58. The van der Waals surface area contributed by atoms with Gasteiger partial charge in [0.25, 0.3) is 0 Å². The molecule has 1 aliphatic rings. The Morgan fingerprint density at radius 3 is 2.59 bits per heavy atom. The normalized spacial score (nSPS) is 17.6. The van der Waals surface area contributed by atoms with Crippen molar-refractivity contribution in [3.8, 4) is 0 Å². The molecule has 22 heavy (non-hydrogen) atoms. The number of aromatic amines is 1. The molecule has 1 aromatic heterocycles. The zero-order valence-corrected chi connectivity index (χ0v) is 12.3. The molecule has 1 atom stereocenters. The largest absolute Gasteiger partial charge is 0.379 e. The van der Waals surface area contributed by atoms with E-state index < -0.39 is 0 Å². The van der Waals surface area contributed by atoms with Crippen molar-refractivity contribution in [3.63, 3.8) is 0 Å². The number of ether oxygens (including phenoxy) is 1. The summed E-state index contributed by atoms with van der Waals surface area (Å²) in [5.41, 5.74) is 4.33. The van der Waals surface area contributed by atoms with Gasteiger partial charge in [-0.05, 0) is 11.6 Å². The van der Waals surface area contributed by atoms with E-state index in [1.165, 1.54) is 11.1 Å². The predicted molar refractivity (Wildman–Crippen MR) is 84.6 cm³/mol. The van der Waals surface area contributed by atoms with Crippen molar-refractivity contribution in [2.45, 2.75) is 6.04 Å². The number of para-hydroxylation sites is 1. The van der Waals surface area contributed by atoms with Gasteiger partial charge in [-0.3, -0.25) is 4.90 Å². The molecule has 112 valence electrons. The minimum Gasteiger partial charge on any atom is -0.379 e. The van der Waals surface area contributed by atoms with Crippen molar-refractivity contribution in [2.75, 3.05) is 26.3 Å². The van der Waals surface area contributed by atoms with Crippen molar-refractivity contribution < 1.29 is 4.74 Å². The Hall–Kier alpha value is -2.24. The van der Waals surface area contributed by atoms with Crippen LogP contribution in [0.5, 0.6) is 0 Å². The number of hydrogen-bond donors (Lipinski definition) is 1. The summed E-state index contributed by atoms with van der Waals surface area (Å²) in [6.45, 7) is 3.40. The first kappa shape index (κ1) is 13.4. The van der Waals surface area contributed by atoms with Gasteiger partial charge >= 0.3 is 0 Å². The van der Waals surface area contributed by atoms with Gasteiger partial charge in [0.1, 0.15) is 11.0 Å². The molecular weight excluding hydrogens is 276 g/mol. The maximum absolute atomic E-state index is 5.52. The molecule has 1 unspecified atom stereocenters. The monoisotopic (exact) mass is 294 g/mol. The first-order valence-corrected chi connectivity index (χ1v) is 7.59. The second-order valence-corrected chi connectivity index (χ2v) is 5.50. The van der Waals surface area contributed by atoms with Crippen LogP contribution in [-0.2, 0) is 4.74 Å². The second-order valence-electron chi connectivity index (χ2n) is 5.50. The molecule has 1 fully saturated rings. The summed E-state index contributed by atoms with van der Waals surface area (Å²) in [4.78, 5) is 2.46. The third kappa shape index (κ3) is 2.38. The molecule has 0 bridgehead atoms. The molecule has 1 aliphatic heterocycles. The minimum absolute atomic E-state index is 0.180. The van der Waals surface area contributed by atoms with Gasteiger partial charge in [0, 0.05) is 18.7 Å². The molecule has 3 aromatic rings. The molecule has 5 nitrogen and oxygen atoms in total. The molecule has 0 amide bonds. The third-order valence-corrected chi connectivity index (χ3v) is 4.20. The highest BCUT2D eigenvalue weighted by atomic mass is 16.5. The van der Waals surface area contributed by atoms with E-state index in [2.05, 4.69) is 62.8 Å². The fourth-order valence-electron chi connectivity index (χ4n) is 3.17. The Labute approximate surface area is 128 Å². The number of nitrogens with zero attached hydrogens (tertiary/aromatic N) is 3. The maximum atomic E-state index is 5.52. The fourth-order valence-corrected chi connectivity index (χ4v) is 3.17. The third-order valence-electron chi connectivity index (χ3n) is 4.20. The first-order chi connectivity index (χ1) is 10.9. The van der Waals surface area contributed by atoms with Crippen LogP contribution in [0.25, 0.3) is 11.0 Å². The van der Waals surface area contributed by atoms with Gasteiger partial charge in [0.15, 0.2) is 0 Å². The number of H-pyrrole nitrogens is 1. The van der Waals surface area contributed by atoms with E-state index in [-0.39, 0.29) is 6.04 Å². The van der Waals surface area contributed by atoms with E-state index in [4.69, 9.17) is 4.74 Å². The van der Waals surface area contributed by atoms with E-state index in [1.807, 2.05) is 6.07 Å². The average Bonchev–Trinajstić information content (AvgIpc) is 3.07. The summed E-state index contributed by atoms with van der Waals surface area (Å²) in [6.07, 6.45) is 0. The van der Waals surface area contributed by atoms with Crippen LogP contribution in [-0.4, -0.2) is 46.6 Å². The van der Waals surface area contributed by atoms with Crippen LogP contribution in [0, 0.1) is 0 Å². The molecule has 0 saturated carbocycles. The standard InChI is InChI=1S/C17H18N4O/c1-2-5-13(6-3-1)17(21-9-11-22-12-10-21)14-7-4-8-15-16(14)19-20-18-15/h1-8,17H,9-12H2,(H,18,19,20). The lowest BCUT2D eigenvalue weighted by Gasteiger charge is -2.35. The van der Waals surface area contributed by atoms with E-state index in [0.717, 1.165) is 37.3 Å². The van der Waals surface area contributed by atoms with E-state index in [1.54, 1.807) is 0 Å². The Bertz CT molecular complexity index is 749. The number of rotatable bonds is 3. The van der Waals surface area contributed by atoms with Crippen molar-refractivity contribution >= 4 is 11.0 Å². The first-order valence-electron chi connectivity index (χ1n) is 7.59. The van der Waals surface area contributed by atoms with E-state index in [9.17, 15) is 0 Å². The highest BCUT2D eigenvalue weighted by Gasteiger charge is 2.26. The van der Waals surface area contributed by atoms with Gasteiger partial charge in [-0.15, -0.1) is 0 Å². The zero-order valence-electron chi connectivity index (χ0n) is 12.3. The quantitative estimate of drug-likeness (QED) is 0.806. The zero-order chi connectivity index (χ0) is 14.8. The molecule has 4 rings (SSSR count). The van der Waals surface area contributed by atoms with Crippen LogP contribution in [0.3, 0.4) is 0 Å². The fraction of sp³-hybridized carbons (Fsp3) is 0.294. The number of fused-ring (bicyclic) bond motifs is 1. The topological polar surface area (TPSA) is 54.0 Å². The van der Waals surface area contributed by atoms with Crippen molar-refractivity contribution in [1.82, 2.24) is 20.3 Å². The van der Waals surface area contributed by atoms with Crippen LogP contribution in [0.4, 0.5) is 0 Å². The lowest BCUT2D eigenvalue weighted by atomic mass is 9.95. The number of benzene rings is 2. The summed E-state index contributed by atoms with van der Waals surface area (Å²) < 4.78 is 5.52. The molecule has 0 spiro atoms. The summed E-state index contributed by atoms with van der Waals surface area (Å²) in [5.74, 6) is 0.